The van der Waals surface area contributed by atoms with Gasteiger partial charge in [0.05, 0.1) is 5.69 Å². The molecule has 0 aliphatic rings. The Hall–Kier alpha value is -1.30. The summed E-state index contributed by atoms with van der Waals surface area (Å²) in [4.78, 5) is 16.5. The molecule has 0 aliphatic carbocycles. The molecule has 1 aromatic rings. The van der Waals surface area contributed by atoms with Crippen molar-refractivity contribution in [2.45, 2.75) is 39.4 Å². The zero-order valence-corrected chi connectivity index (χ0v) is 12.2. The van der Waals surface area contributed by atoms with E-state index < -0.39 is 11.7 Å². The molecule has 0 aromatic heterocycles. The van der Waals surface area contributed by atoms with Crippen LogP contribution in [-0.4, -0.2) is 11.7 Å². The van der Waals surface area contributed by atoms with Crippen LogP contribution in [0.15, 0.2) is 18.2 Å². The first kappa shape index (κ1) is 15.8. The Bertz CT molecular complexity index is 458. The first-order chi connectivity index (χ1) is 8.73. The van der Waals surface area contributed by atoms with Gasteiger partial charge in [0.25, 0.3) is 0 Å². The van der Waals surface area contributed by atoms with Crippen LogP contribution in [0.1, 0.15) is 39.4 Å². The Labute approximate surface area is 118 Å². The highest BCUT2D eigenvalue weighted by Crippen LogP contribution is 2.28. The summed E-state index contributed by atoms with van der Waals surface area (Å²) >= 11 is 5.92. The molecule has 1 amide bonds. The van der Waals surface area contributed by atoms with E-state index in [1.165, 1.54) is 0 Å². The first-order valence-corrected chi connectivity index (χ1v) is 6.25. The van der Waals surface area contributed by atoms with Crippen LogP contribution >= 0.6 is 11.6 Å². The minimum absolute atomic E-state index is 0.373. The van der Waals surface area contributed by atoms with Crippen molar-refractivity contribution >= 4 is 23.4 Å². The third kappa shape index (κ3) is 5.06. The molecule has 1 aromatic carbocycles. The van der Waals surface area contributed by atoms with Crippen molar-refractivity contribution in [1.29, 1.82) is 0 Å². The van der Waals surface area contributed by atoms with Crippen LogP contribution in [0.4, 0.5) is 10.5 Å². The van der Waals surface area contributed by atoms with Gasteiger partial charge in [-0.25, -0.2) is 10.7 Å². The molecular weight excluding hydrogens is 268 g/mol. The van der Waals surface area contributed by atoms with E-state index >= 15 is 0 Å². The predicted molar refractivity (Wildman–Crippen MR) is 75.0 cm³/mol. The number of hydrogen-bond donors (Lipinski definition) is 2. The Morgan fingerprint density at radius 1 is 1.42 bits per heavy atom. The quantitative estimate of drug-likeness (QED) is 0.832. The van der Waals surface area contributed by atoms with Crippen molar-refractivity contribution in [3.63, 3.8) is 0 Å². The van der Waals surface area contributed by atoms with Gasteiger partial charge in [-0.05, 0) is 39.8 Å². The summed E-state index contributed by atoms with van der Waals surface area (Å²) in [5.74, 6) is 5.17. The lowest BCUT2D eigenvalue weighted by molar-refractivity contribution is 0.0624. The van der Waals surface area contributed by atoms with Gasteiger partial charge in [-0.15, -0.1) is 0 Å². The smallest absolute Gasteiger partial charge is 0.412 e. The number of amides is 1. The van der Waals surface area contributed by atoms with E-state index in [4.69, 9.17) is 27.1 Å². The maximum atomic E-state index is 11.8. The van der Waals surface area contributed by atoms with Gasteiger partial charge in [-0.2, -0.15) is 0 Å². The highest BCUT2D eigenvalue weighted by molar-refractivity contribution is 6.31. The lowest BCUT2D eigenvalue weighted by atomic mass is 10.1. The van der Waals surface area contributed by atoms with Gasteiger partial charge in [0.2, 0.25) is 0 Å². The predicted octanol–water partition coefficient (Wildman–Crippen LogP) is 3.64. The van der Waals surface area contributed by atoms with E-state index in [1.807, 2.05) is 0 Å². The SMILES string of the molecule is CC(ON)c1ccc(Cl)cc1NC(=O)OC(C)(C)C. The maximum Gasteiger partial charge on any atom is 0.412 e. The van der Waals surface area contributed by atoms with Gasteiger partial charge >= 0.3 is 6.09 Å². The first-order valence-electron chi connectivity index (χ1n) is 5.88. The highest BCUT2D eigenvalue weighted by Gasteiger charge is 2.18. The molecular formula is C13H19ClN2O3. The molecule has 106 valence electrons. The molecule has 6 heteroatoms. The average Bonchev–Trinajstić information content (AvgIpc) is 2.25. The van der Waals surface area contributed by atoms with Gasteiger partial charge in [-0.3, -0.25) is 10.2 Å². The van der Waals surface area contributed by atoms with Gasteiger partial charge in [0.1, 0.15) is 11.7 Å². The van der Waals surface area contributed by atoms with Crippen molar-refractivity contribution in [3.8, 4) is 0 Å². The van der Waals surface area contributed by atoms with Crippen molar-refractivity contribution < 1.29 is 14.4 Å². The molecule has 0 saturated carbocycles. The number of halogens is 1. The van der Waals surface area contributed by atoms with Crippen molar-refractivity contribution in [2.75, 3.05) is 5.32 Å². The summed E-state index contributed by atoms with van der Waals surface area (Å²) in [5, 5.41) is 3.14. The molecule has 1 rings (SSSR count). The summed E-state index contributed by atoms with van der Waals surface area (Å²) in [6.07, 6.45) is -0.928. The second-order valence-electron chi connectivity index (χ2n) is 5.14. The Morgan fingerprint density at radius 2 is 2.05 bits per heavy atom. The highest BCUT2D eigenvalue weighted by atomic mass is 35.5. The fraction of sp³-hybridized carbons (Fsp3) is 0.462. The van der Waals surface area contributed by atoms with Gasteiger partial charge in [-0.1, -0.05) is 17.7 Å². The molecule has 19 heavy (non-hydrogen) atoms. The maximum absolute atomic E-state index is 11.8. The Balaban J connectivity index is 2.93. The number of carbonyl (C=O) groups is 1. The number of nitrogens with one attached hydrogen (secondary N) is 1. The van der Waals surface area contributed by atoms with E-state index in [1.54, 1.807) is 45.9 Å². The largest absolute Gasteiger partial charge is 0.444 e. The zero-order valence-electron chi connectivity index (χ0n) is 11.5. The standard InChI is InChI=1S/C13H19ClN2O3/c1-8(19-15)10-6-5-9(14)7-11(10)16-12(17)18-13(2,3)4/h5-8H,15H2,1-4H3,(H,16,17). The monoisotopic (exact) mass is 286 g/mol. The van der Waals surface area contributed by atoms with Crippen LogP contribution in [0, 0.1) is 0 Å². The number of ether oxygens (including phenoxy) is 1. The molecule has 3 N–H and O–H groups in total. The van der Waals surface area contributed by atoms with Crippen molar-refractivity contribution in [1.82, 2.24) is 0 Å². The number of nitrogens with two attached hydrogens (primary N) is 1. The van der Waals surface area contributed by atoms with Crippen LogP contribution in [0.3, 0.4) is 0 Å². The van der Waals surface area contributed by atoms with Crippen LogP contribution in [0.5, 0.6) is 0 Å². The van der Waals surface area contributed by atoms with Gasteiger partial charge in [0.15, 0.2) is 0 Å². The number of carbonyl (C=O) groups excluding carboxylic acids is 1. The zero-order chi connectivity index (χ0) is 14.6. The number of hydrogen-bond acceptors (Lipinski definition) is 4. The van der Waals surface area contributed by atoms with Crippen LogP contribution in [-0.2, 0) is 9.57 Å². The average molecular weight is 287 g/mol. The normalized spacial score (nSPS) is 12.9. The summed E-state index contributed by atoms with van der Waals surface area (Å²) in [6.45, 7) is 7.13. The molecule has 0 saturated heterocycles. The van der Waals surface area contributed by atoms with Crippen LogP contribution in [0.25, 0.3) is 0 Å². The van der Waals surface area contributed by atoms with Crippen molar-refractivity contribution in [2.24, 2.45) is 5.90 Å². The van der Waals surface area contributed by atoms with E-state index in [2.05, 4.69) is 5.32 Å². The van der Waals surface area contributed by atoms with Crippen LogP contribution in [0.2, 0.25) is 5.02 Å². The van der Waals surface area contributed by atoms with E-state index in [0.717, 1.165) is 5.56 Å². The fourth-order valence-electron chi connectivity index (χ4n) is 1.48. The number of anilines is 1. The van der Waals surface area contributed by atoms with Gasteiger partial charge < -0.3 is 4.74 Å². The van der Waals surface area contributed by atoms with E-state index in [9.17, 15) is 4.79 Å². The molecule has 0 aliphatic heterocycles. The molecule has 0 radical (unpaired) electrons. The Kier molecular flexibility index (Phi) is 5.17. The third-order valence-electron chi connectivity index (χ3n) is 2.29. The van der Waals surface area contributed by atoms with Gasteiger partial charge in [0, 0.05) is 10.6 Å². The molecule has 1 unspecified atom stereocenters. The lowest BCUT2D eigenvalue weighted by Gasteiger charge is -2.21. The lowest BCUT2D eigenvalue weighted by Crippen LogP contribution is -2.27. The molecule has 5 nitrogen and oxygen atoms in total. The second-order valence-corrected chi connectivity index (χ2v) is 5.57. The van der Waals surface area contributed by atoms with E-state index in [-0.39, 0.29) is 6.10 Å². The summed E-state index contributed by atoms with van der Waals surface area (Å²) in [5.41, 5.74) is 0.663. The Morgan fingerprint density at radius 3 is 2.58 bits per heavy atom. The minimum Gasteiger partial charge on any atom is -0.444 e. The summed E-state index contributed by atoms with van der Waals surface area (Å²) in [7, 11) is 0. The fourth-order valence-corrected chi connectivity index (χ4v) is 1.65. The number of benzene rings is 1. The summed E-state index contributed by atoms with van der Waals surface area (Å²) < 4.78 is 5.18. The third-order valence-corrected chi connectivity index (χ3v) is 2.53. The molecule has 0 fully saturated rings. The second kappa shape index (κ2) is 6.23. The summed E-state index contributed by atoms with van der Waals surface area (Å²) in [6, 6.07) is 5.07. The van der Waals surface area contributed by atoms with E-state index in [0.29, 0.717) is 10.7 Å². The number of rotatable bonds is 3. The molecule has 0 heterocycles. The molecule has 0 spiro atoms. The molecule has 1 atom stereocenters. The van der Waals surface area contributed by atoms with Crippen LogP contribution < -0.4 is 11.2 Å². The topological polar surface area (TPSA) is 73.6 Å². The minimum atomic E-state index is -0.571. The molecule has 0 bridgehead atoms. The van der Waals surface area contributed by atoms with Crippen molar-refractivity contribution in [3.05, 3.63) is 28.8 Å².